The van der Waals surface area contributed by atoms with E-state index < -0.39 is 0 Å². The van der Waals surface area contributed by atoms with Gasteiger partial charge in [-0.25, -0.2) is 0 Å². The zero-order valence-electron chi connectivity index (χ0n) is 10.9. The number of anilines is 1. The van der Waals surface area contributed by atoms with Crippen LogP contribution in [-0.2, 0) is 4.74 Å². The molecule has 0 aromatic carbocycles. The van der Waals surface area contributed by atoms with E-state index in [4.69, 9.17) is 10.5 Å². The predicted octanol–water partition coefficient (Wildman–Crippen LogP) is 2.14. The molecule has 1 aliphatic heterocycles. The molecule has 1 saturated heterocycles. The van der Waals surface area contributed by atoms with Gasteiger partial charge in [0.05, 0.1) is 4.88 Å². The molecule has 0 spiro atoms. The summed E-state index contributed by atoms with van der Waals surface area (Å²) in [6, 6.07) is 1.80. The number of hydrogen-bond donors (Lipinski definition) is 1. The van der Waals surface area contributed by atoms with Gasteiger partial charge in [0.2, 0.25) is 0 Å². The lowest BCUT2D eigenvalue weighted by Gasteiger charge is -2.31. The third-order valence-corrected chi connectivity index (χ3v) is 4.53. The van der Waals surface area contributed by atoms with E-state index in [1.165, 1.54) is 11.3 Å². The van der Waals surface area contributed by atoms with Crippen molar-refractivity contribution >= 4 is 22.9 Å². The molecule has 2 heterocycles. The molecule has 0 saturated carbocycles. The van der Waals surface area contributed by atoms with Crippen LogP contribution in [0.25, 0.3) is 0 Å². The van der Waals surface area contributed by atoms with Crippen LogP contribution in [0.2, 0.25) is 0 Å². The molecule has 0 unspecified atom stereocenters. The van der Waals surface area contributed by atoms with E-state index in [2.05, 4.69) is 0 Å². The minimum atomic E-state index is 0.121. The number of nitrogen functional groups attached to an aromatic ring is 1. The number of carbonyl (C=O) groups excluding carboxylic acids is 1. The number of nitrogens with zero attached hydrogens (tertiary/aromatic N) is 1. The van der Waals surface area contributed by atoms with Gasteiger partial charge >= 0.3 is 0 Å². The van der Waals surface area contributed by atoms with Gasteiger partial charge in [0.1, 0.15) is 0 Å². The van der Waals surface area contributed by atoms with Gasteiger partial charge < -0.3 is 15.4 Å². The summed E-state index contributed by atoms with van der Waals surface area (Å²) >= 11 is 1.49. The molecule has 1 aromatic rings. The number of carbonyl (C=O) groups is 1. The van der Waals surface area contributed by atoms with Crippen LogP contribution in [0.15, 0.2) is 6.07 Å². The fraction of sp³-hybridized carbons (Fsp3) is 0.615. The highest BCUT2D eigenvalue weighted by Crippen LogP contribution is 2.26. The van der Waals surface area contributed by atoms with Crippen LogP contribution in [0, 0.1) is 12.8 Å². The average Bonchev–Trinajstić information content (AvgIpc) is 2.70. The van der Waals surface area contributed by atoms with Gasteiger partial charge in [-0.3, -0.25) is 4.79 Å². The smallest absolute Gasteiger partial charge is 0.264 e. The molecule has 1 fully saturated rings. The van der Waals surface area contributed by atoms with E-state index in [1.54, 1.807) is 13.2 Å². The minimum Gasteiger partial charge on any atom is -0.398 e. The second-order valence-corrected chi connectivity index (χ2v) is 6.07. The number of amides is 1. The lowest BCUT2D eigenvalue weighted by molar-refractivity contribution is 0.0618. The van der Waals surface area contributed by atoms with Crippen molar-refractivity contribution in [2.24, 2.45) is 5.92 Å². The lowest BCUT2D eigenvalue weighted by atomic mass is 9.98. The number of thiophene rings is 1. The molecule has 100 valence electrons. The second kappa shape index (κ2) is 5.71. The molecule has 1 aromatic heterocycles. The molecule has 2 rings (SSSR count). The third-order valence-electron chi connectivity index (χ3n) is 3.47. The van der Waals surface area contributed by atoms with E-state index in [9.17, 15) is 4.79 Å². The van der Waals surface area contributed by atoms with Gasteiger partial charge in [-0.05, 0) is 31.7 Å². The van der Waals surface area contributed by atoms with Crippen molar-refractivity contribution < 1.29 is 9.53 Å². The van der Waals surface area contributed by atoms with E-state index in [0.29, 0.717) is 5.92 Å². The molecule has 5 heteroatoms. The number of likely N-dealkylation sites (tertiary alicyclic amines) is 1. The molecular weight excluding hydrogens is 248 g/mol. The highest BCUT2D eigenvalue weighted by molar-refractivity contribution is 7.14. The topological polar surface area (TPSA) is 55.6 Å². The first kappa shape index (κ1) is 13.4. The minimum absolute atomic E-state index is 0.121. The van der Waals surface area contributed by atoms with Crippen LogP contribution < -0.4 is 5.73 Å². The zero-order chi connectivity index (χ0) is 13.1. The molecule has 4 nitrogen and oxygen atoms in total. The molecular formula is C13H20N2O2S. The van der Waals surface area contributed by atoms with Crippen molar-refractivity contribution in [2.75, 3.05) is 32.5 Å². The SMILES string of the molecule is COCC1CCN(C(=O)c2cc(N)c(C)s2)CC1. The first-order valence-corrected chi connectivity index (χ1v) is 7.07. The zero-order valence-corrected chi connectivity index (χ0v) is 11.8. The number of methoxy groups -OCH3 is 1. The van der Waals surface area contributed by atoms with Crippen molar-refractivity contribution in [2.45, 2.75) is 19.8 Å². The van der Waals surface area contributed by atoms with Gasteiger partial charge in [-0.2, -0.15) is 0 Å². The lowest BCUT2D eigenvalue weighted by Crippen LogP contribution is -2.39. The van der Waals surface area contributed by atoms with Crippen molar-refractivity contribution in [3.05, 3.63) is 15.8 Å². The van der Waals surface area contributed by atoms with Crippen LogP contribution in [-0.4, -0.2) is 37.6 Å². The van der Waals surface area contributed by atoms with E-state index in [1.807, 2.05) is 11.8 Å². The highest BCUT2D eigenvalue weighted by Gasteiger charge is 2.24. The van der Waals surface area contributed by atoms with E-state index in [-0.39, 0.29) is 5.91 Å². The molecule has 0 atom stereocenters. The van der Waals surface area contributed by atoms with Gasteiger partial charge in [-0.1, -0.05) is 0 Å². The Morgan fingerprint density at radius 3 is 2.72 bits per heavy atom. The fourth-order valence-corrected chi connectivity index (χ4v) is 3.20. The van der Waals surface area contributed by atoms with Gasteiger partial charge in [0.25, 0.3) is 5.91 Å². The summed E-state index contributed by atoms with van der Waals surface area (Å²) < 4.78 is 5.16. The Hall–Kier alpha value is -1.07. The second-order valence-electron chi connectivity index (χ2n) is 4.81. The van der Waals surface area contributed by atoms with Crippen LogP contribution in [0.4, 0.5) is 5.69 Å². The summed E-state index contributed by atoms with van der Waals surface area (Å²) in [5.74, 6) is 0.713. The van der Waals surface area contributed by atoms with Crippen molar-refractivity contribution in [3.63, 3.8) is 0 Å². The first-order valence-electron chi connectivity index (χ1n) is 6.26. The Morgan fingerprint density at radius 1 is 1.56 bits per heavy atom. The van der Waals surface area contributed by atoms with Gasteiger partial charge in [0, 0.05) is 37.4 Å². The molecule has 18 heavy (non-hydrogen) atoms. The maximum Gasteiger partial charge on any atom is 0.264 e. The monoisotopic (exact) mass is 268 g/mol. The summed E-state index contributed by atoms with van der Waals surface area (Å²) in [4.78, 5) is 16.0. The number of ether oxygens (including phenoxy) is 1. The normalized spacial score (nSPS) is 17.1. The quantitative estimate of drug-likeness (QED) is 0.913. The van der Waals surface area contributed by atoms with Crippen LogP contribution in [0.3, 0.4) is 0 Å². The summed E-state index contributed by atoms with van der Waals surface area (Å²) in [6.07, 6.45) is 2.05. The molecule has 0 bridgehead atoms. The summed E-state index contributed by atoms with van der Waals surface area (Å²) in [5, 5.41) is 0. The maximum atomic E-state index is 12.3. The van der Waals surface area contributed by atoms with Gasteiger partial charge in [-0.15, -0.1) is 11.3 Å². The van der Waals surface area contributed by atoms with Gasteiger partial charge in [0.15, 0.2) is 0 Å². The molecule has 0 aliphatic carbocycles. The Morgan fingerprint density at radius 2 is 2.22 bits per heavy atom. The Kier molecular flexibility index (Phi) is 4.24. The number of piperidine rings is 1. The standard InChI is InChI=1S/C13H20N2O2S/c1-9-11(14)7-12(18-9)13(16)15-5-3-10(4-6-15)8-17-2/h7,10H,3-6,8,14H2,1-2H3. The molecule has 1 aliphatic rings. The highest BCUT2D eigenvalue weighted by atomic mass is 32.1. The Bertz CT molecular complexity index is 403. The summed E-state index contributed by atoms with van der Waals surface area (Å²) in [6.45, 7) is 4.39. The number of aryl methyl sites for hydroxylation is 1. The average molecular weight is 268 g/mol. The third kappa shape index (κ3) is 2.84. The molecule has 2 N–H and O–H groups in total. The van der Waals surface area contributed by atoms with Crippen molar-refractivity contribution in [1.29, 1.82) is 0 Å². The molecule has 1 amide bonds. The largest absolute Gasteiger partial charge is 0.398 e. The number of rotatable bonds is 3. The van der Waals surface area contributed by atoms with Crippen molar-refractivity contribution in [1.82, 2.24) is 4.90 Å². The predicted molar refractivity (Wildman–Crippen MR) is 74.0 cm³/mol. The maximum absolute atomic E-state index is 12.3. The molecule has 0 radical (unpaired) electrons. The van der Waals surface area contributed by atoms with Crippen molar-refractivity contribution in [3.8, 4) is 0 Å². The summed E-state index contributed by atoms with van der Waals surface area (Å²) in [5.41, 5.74) is 6.51. The van der Waals surface area contributed by atoms with Crippen LogP contribution in [0.1, 0.15) is 27.4 Å². The fourth-order valence-electron chi connectivity index (χ4n) is 2.30. The summed E-state index contributed by atoms with van der Waals surface area (Å²) in [7, 11) is 1.73. The number of nitrogens with two attached hydrogens (primary N) is 1. The number of hydrogen-bond acceptors (Lipinski definition) is 4. The van der Waals surface area contributed by atoms with Crippen LogP contribution in [0.5, 0.6) is 0 Å². The first-order chi connectivity index (χ1) is 8.61. The Labute approximate surface area is 112 Å². The van der Waals surface area contributed by atoms with E-state index in [0.717, 1.165) is 48.0 Å². The van der Waals surface area contributed by atoms with Crippen LogP contribution >= 0.6 is 11.3 Å². The Balaban J connectivity index is 1.95. The van der Waals surface area contributed by atoms with E-state index >= 15 is 0 Å².